The van der Waals surface area contributed by atoms with Crippen LogP contribution in [-0.4, -0.2) is 72.8 Å². The van der Waals surface area contributed by atoms with E-state index in [0.717, 1.165) is 0 Å². The van der Waals surface area contributed by atoms with Gasteiger partial charge in [0.25, 0.3) is 0 Å². The van der Waals surface area contributed by atoms with Gasteiger partial charge in [0.1, 0.15) is 0 Å². The molecular formula is C15H36F2N3P. The fraction of sp³-hybridized carbons (Fsp3) is 1.00. The second kappa shape index (κ2) is 9.34. The first kappa shape index (κ1) is 21.2. The third kappa shape index (κ3) is 7.32. The van der Waals surface area contributed by atoms with E-state index in [1.807, 2.05) is 56.2 Å². The van der Waals surface area contributed by atoms with Gasteiger partial charge in [-0.05, 0) is 0 Å². The summed E-state index contributed by atoms with van der Waals surface area (Å²) in [6, 6.07) is 0. The van der Waals surface area contributed by atoms with Crippen LogP contribution in [-0.2, 0) is 0 Å². The first-order valence-corrected chi connectivity index (χ1v) is 10.9. The predicted molar refractivity (Wildman–Crippen MR) is 92.5 cm³/mol. The van der Waals surface area contributed by atoms with Crippen LogP contribution in [0.25, 0.3) is 0 Å². The molecule has 21 heavy (non-hydrogen) atoms. The van der Waals surface area contributed by atoms with Gasteiger partial charge >= 0.3 is 130 Å². The SMILES string of the molecule is CCN(CC)CP(F)(F)(CN(CC)CC)CN(CC)CC. The standard InChI is InChI=1S/C15H36F2N3P/c1-7-18(8-2)13-21(16,17,14-19(9-3)10-4)15-20(11-5)12-6/h7-15H2,1-6H3. The van der Waals surface area contributed by atoms with E-state index in [4.69, 9.17) is 0 Å². The molecule has 3 nitrogen and oxygen atoms in total. The second-order valence-corrected chi connectivity index (χ2v) is 9.54. The van der Waals surface area contributed by atoms with E-state index in [1.165, 1.54) is 0 Å². The molecule has 0 saturated heterocycles. The summed E-state index contributed by atoms with van der Waals surface area (Å²) >= 11 is 0. The number of nitrogens with zero attached hydrogens (tertiary/aromatic N) is 3. The van der Waals surface area contributed by atoms with Crippen molar-refractivity contribution in [3.05, 3.63) is 0 Å². The molecule has 0 saturated carbocycles. The van der Waals surface area contributed by atoms with Crippen molar-refractivity contribution in [2.75, 3.05) is 58.1 Å². The number of rotatable bonds is 12. The average molecular weight is 327 g/mol. The molecule has 0 atom stereocenters. The van der Waals surface area contributed by atoms with Crippen molar-refractivity contribution in [3.8, 4) is 0 Å². The zero-order valence-electron chi connectivity index (χ0n) is 14.9. The minimum atomic E-state index is -4.77. The van der Waals surface area contributed by atoms with Gasteiger partial charge in [-0.25, -0.2) is 0 Å². The Morgan fingerprint density at radius 2 is 0.714 bits per heavy atom. The molecule has 0 aliphatic rings. The number of halogens is 2. The molecule has 0 spiro atoms. The van der Waals surface area contributed by atoms with Gasteiger partial charge in [0.05, 0.1) is 0 Å². The van der Waals surface area contributed by atoms with E-state index in [1.54, 1.807) is 0 Å². The van der Waals surface area contributed by atoms with Gasteiger partial charge in [-0.15, -0.1) is 0 Å². The molecule has 0 aromatic heterocycles. The molecule has 0 unspecified atom stereocenters. The van der Waals surface area contributed by atoms with Crippen LogP contribution in [0, 0.1) is 0 Å². The van der Waals surface area contributed by atoms with E-state index in [-0.39, 0.29) is 18.9 Å². The first-order valence-electron chi connectivity index (χ1n) is 8.38. The Morgan fingerprint density at radius 1 is 0.524 bits per heavy atom. The molecule has 0 aromatic carbocycles. The van der Waals surface area contributed by atoms with Crippen molar-refractivity contribution >= 4 is 7.22 Å². The number of hydrogen-bond donors (Lipinski definition) is 0. The summed E-state index contributed by atoms with van der Waals surface area (Å²) in [6.07, 6.45) is -0.108. The summed E-state index contributed by atoms with van der Waals surface area (Å²) in [5.41, 5.74) is 0. The quantitative estimate of drug-likeness (QED) is 0.497. The number of hydrogen-bond acceptors (Lipinski definition) is 3. The van der Waals surface area contributed by atoms with Crippen molar-refractivity contribution in [1.82, 2.24) is 14.7 Å². The molecular weight excluding hydrogens is 291 g/mol. The summed E-state index contributed by atoms with van der Waals surface area (Å²) in [4.78, 5) is 5.68. The van der Waals surface area contributed by atoms with Crippen LogP contribution in [0.4, 0.5) is 8.39 Å². The fourth-order valence-electron chi connectivity index (χ4n) is 2.71. The molecule has 0 fully saturated rings. The third-order valence-corrected chi connectivity index (χ3v) is 7.25. The molecule has 0 rings (SSSR count). The summed E-state index contributed by atoms with van der Waals surface area (Å²) < 4.78 is 31.4. The van der Waals surface area contributed by atoms with E-state index < -0.39 is 7.22 Å². The van der Waals surface area contributed by atoms with Crippen LogP contribution in [0.2, 0.25) is 0 Å². The molecule has 0 bridgehead atoms. The van der Waals surface area contributed by atoms with Crippen molar-refractivity contribution < 1.29 is 8.39 Å². The predicted octanol–water partition coefficient (Wildman–Crippen LogP) is 4.21. The third-order valence-electron chi connectivity index (χ3n) is 4.20. The van der Waals surface area contributed by atoms with Crippen LogP contribution in [0.1, 0.15) is 41.5 Å². The molecule has 130 valence electrons. The molecule has 0 N–H and O–H groups in total. The van der Waals surface area contributed by atoms with Gasteiger partial charge < -0.3 is 0 Å². The monoisotopic (exact) mass is 327 g/mol. The Kier molecular flexibility index (Phi) is 9.42. The first-order chi connectivity index (χ1) is 9.76. The molecule has 0 aliphatic carbocycles. The van der Waals surface area contributed by atoms with Crippen LogP contribution < -0.4 is 0 Å². The van der Waals surface area contributed by atoms with Crippen molar-refractivity contribution in [1.29, 1.82) is 0 Å². The second-order valence-electron chi connectivity index (χ2n) is 5.79. The average Bonchev–Trinajstić information content (AvgIpc) is 2.48. The molecule has 0 aliphatic heterocycles. The van der Waals surface area contributed by atoms with Crippen molar-refractivity contribution in [3.63, 3.8) is 0 Å². The topological polar surface area (TPSA) is 9.72 Å². The van der Waals surface area contributed by atoms with Crippen molar-refractivity contribution in [2.24, 2.45) is 0 Å². The van der Waals surface area contributed by atoms with Crippen LogP contribution >= 0.6 is 7.22 Å². The van der Waals surface area contributed by atoms with Gasteiger partial charge in [0.2, 0.25) is 0 Å². The Labute approximate surface area is 130 Å². The molecule has 6 heteroatoms. The maximum absolute atomic E-state index is 15.7. The van der Waals surface area contributed by atoms with E-state index in [2.05, 4.69) is 0 Å². The van der Waals surface area contributed by atoms with E-state index in [9.17, 15) is 0 Å². The molecule has 0 amide bonds. The van der Waals surface area contributed by atoms with Gasteiger partial charge in [-0.3, -0.25) is 0 Å². The summed E-state index contributed by atoms with van der Waals surface area (Å²) in [5.74, 6) is 0. The van der Waals surface area contributed by atoms with Gasteiger partial charge in [-0.1, -0.05) is 0 Å². The van der Waals surface area contributed by atoms with Crippen molar-refractivity contribution in [2.45, 2.75) is 41.5 Å². The normalized spacial score (nSPS) is 14.9. The maximum atomic E-state index is 15.7. The summed E-state index contributed by atoms with van der Waals surface area (Å²) in [6.45, 7) is 16.0. The minimum absolute atomic E-state index is 0.0361. The van der Waals surface area contributed by atoms with Crippen LogP contribution in [0.5, 0.6) is 0 Å². The molecule has 0 aromatic rings. The Hall–Kier alpha value is 0.170. The Balaban J connectivity index is 5.28. The zero-order valence-corrected chi connectivity index (χ0v) is 15.8. The summed E-state index contributed by atoms with van der Waals surface area (Å²) in [5, 5.41) is 0. The summed E-state index contributed by atoms with van der Waals surface area (Å²) in [7, 11) is -4.77. The van der Waals surface area contributed by atoms with E-state index in [0.29, 0.717) is 39.3 Å². The Morgan fingerprint density at radius 3 is 0.857 bits per heavy atom. The fourth-order valence-corrected chi connectivity index (χ4v) is 6.78. The molecule has 0 radical (unpaired) electrons. The van der Waals surface area contributed by atoms with Gasteiger partial charge in [-0.2, -0.15) is 0 Å². The van der Waals surface area contributed by atoms with Crippen LogP contribution in [0.15, 0.2) is 0 Å². The zero-order chi connectivity index (χ0) is 16.5. The van der Waals surface area contributed by atoms with Gasteiger partial charge in [0.15, 0.2) is 0 Å². The van der Waals surface area contributed by atoms with Gasteiger partial charge in [0, 0.05) is 0 Å². The van der Waals surface area contributed by atoms with E-state index >= 15 is 8.39 Å². The molecule has 0 heterocycles. The van der Waals surface area contributed by atoms with Crippen LogP contribution in [0.3, 0.4) is 0 Å². The Bertz CT molecular complexity index is 235.